The molecule has 0 bridgehead atoms. The largest absolute Gasteiger partial charge is 0.425 e. The third kappa shape index (κ3) is 1.95. The molecule has 0 aromatic heterocycles. The minimum absolute atomic E-state index is 0.975. The molecule has 1 aromatic rings. The Kier molecular flexibility index (Phi) is 3.13. The van der Waals surface area contributed by atoms with Gasteiger partial charge in [-0.15, -0.1) is 0 Å². The van der Waals surface area contributed by atoms with Crippen LogP contribution in [0.4, 0.5) is 0 Å². The molecule has 1 heterocycles. The molecule has 0 saturated heterocycles. The number of nitrogens with zero attached hydrogens (tertiary/aromatic N) is 1. The lowest BCUT2D eigenvalue weighted by atomic mass is 10.0. The van der Waals surface area contributed by atoms with Crippen molar-refractivity contribution >= 4 is 23.8 Å². The van der Waals surface area contributed by atoms with Crippen LogP contribution in [0.3, 0.4) is 0 Å². The van der Waals surface area contributed by atoms with Crippen molar-refractivity contribution in [3.63, 3.8) is 0 Å². The molecule has 0 radical (unpaired) electrons. The zero-order valence-electron chi connectivity index (χ0n) is 8.66. The average Bonchev–Trinajstić information content (AvgIpc) is 2.24. The summed E-state index contributed by atoms with van der Waals surface area (Å²) in [4.78, 5) is 1.09. The molecule has 0 fully saturated rings. The van der Waals surface area contributed by atoms with E-state index < -0.39 is 0 Å². The number of thioether (sulfide) groups is 1. The summed E-state index contributed by atoms with van der Waals surface area (Å²) < 4.78 is 5.54. The second kappa shape index (κ2) is 4.38. The van der Waals surface area contributed by atoms with Crippen LogP contribution in [-0.2, 0) is 6.42 Å². The predicted octanol–water partition coefficient (Wildman–Crippen LogP) is 3.46. The summed E-state index contributed by atoms with van der Waals surface area (Å²) in [6.45, 7) is 4.10. The monoisotopic (exact) mass is 237 g/mol. The fourth-order valence-electron chi connectivity index (χ4n) is 1.80. The number of hydrogen-bond donors (Lipinski definition) is 0. The Morgan fingerprint density at radius 1 is 1.53 bits per heavy atom. The van der Waals surface area contributed by atoms with Gasteiger partial charge in [0.1, 0.15) is 11.2 Å². The second-order valence-corrected chi connectivity index (χ2v) is 5.08. The third-order valence-electron chi connectivity index (χ3n) is 2.53. The van der Waals surface area contributed by atoms with Gasteiger partial charge in [0, 0.05) is 16.2 Å². The Balaban J connectivity index is 2.55. The fourth-order valence-corrected chi connectivity index (χ4v) is 3.04. The molecule has 78 valence electrons. The molecule has 1 aromatic carbocycles. The first-order valence-electron chi connectivity index (χ1n) is 4.72. The highest BCUT2D eigenvalue weighted by Gasteiger charge is 2.18. The number of nitriles is 1. The Hall–Kier alpha value is -0.790. The van der Waals surface area contributed by atoms with Gasteiger partial charge in [0.25, 0.3) is 0 Å². The van der Waals surface area contributed by atoms with Gasteiger partial charge < -0.3 is 4.18 Å². The maximum absolute atomic E-state index is 8.75. The lowest BCUT2D eigenvalue weighted by Gasteiger charge is -2.20. The van der Waals surface area contributed by atoms with Crippen molar-refractivity contribution < 1.29 is 4.18 Å². The molecule has 0 N–H and O–H groups in total. The topological polar surface area (TPSA) is 33.0 Å². The van der Waals surface area contributed by atoms with E-state index in [-0.39, 0.29) is 0 Å². The molecular formula is C11H11NOS2. The predicted molar refractivity (Wildman–Crippen MR) is 64.2 cm³/mol. The van der Waals surface area contributed by atoms with E-state index in [1.54, 1.807) is 0 Å². The summed E-state index contributed by atoms with van der Waals surface area (Å²) in [7, 11) is 0. The molecule has 15 heavy (non-hydrogen) atoms. The highest BCUT2D eigenvalue weighted by Crippen LogP contribution is 2.38. The van der Waals surface area contributed by atoms with Crippen molar-refractivity contribution in [2.24, 2.45) is 0 Å². The van der Waals surface area contributed by atoms with E-state index in [0.717, 1.165) is 28.4 Å². The van der Waals surface area contributed by atoms with Crippen LogP contribution in [0.2, 0.25) is 0 Å². The third-order valence-corrected chi connectivity index (χ3v) is 4.12. The first kappa shape index (κ1) is 10.7. The molecule has 0 spiro atoms. The van der Waals surface area contributed by atoms with Gasteiger partial charge in [-0.2, -0.15) is 5.26 Å². The van der Waals surface area contributed by atoms with Gasteiger partial charge in [-0.05, 0) is 49.2 Å². The van der Waals surface area contributed by atoms with Crippen molar-refractivity contribution in [3.8, 4) is 11.2 Å². The molecule has 2 rings (SSSR count). The molecule has 1 aliphatic heterocycles. The number of benzene rings is 1. The van der Waals surface area contributed by atoms with Gasteiger partial charge in [-0.25, -0.2) is 0 Å². The van der Waals surface area contributed by atoms with Crippen LogP contribution >= 0.6 is 23.8 Å². The SMILES string of the molecule is Cc1cc2c(c(C)c1SC#N)CCSO2. The highest BCUT2D eigenvalue weighted by atomic mass is 32.2. The minimum Gasteiger partial charge on any atom is -0.425 e. The van der Waals surface area contributed by atoms with Gasteiger partial charge in [0.05, 0.1) is 12.0 Å². The van der Waals surface area contributed by atoms with Crippen molar-refractivity contribution in [1.29, 1.82) is 5.26 Å². The van der Waals surface area contributed by atoms with Gasteiger partial charge in [0.15, 0.2) is 0 Å². The van der Waals surface area contributed by atoms with E-state index in [9.17, 15) is 0 Å². The summed E-state index contributed by atoms with van der Waals surface area (Å²) in [5.41, 5.74) is 3.59. The molecule has 0 unspecified atom stereocenters. The summed E-state index contributed by atoms with van der Waals surface area (Å²) in [5, 5.41) is 10.9. The van der Waals surface area contributed by atoms with E-state index in [0.29, 0.717) is 0 Å². The summed E-state index contributed by atoms with van der Waals surface area (Å²) >= 11 is 2.75. The van der Waals surface area contributed by atoms with Crippen LogP contribution in [0.15, 0.2) is 11.0 Å². The summed E-state index contributed by atoms with van der Waals surface area (Å²) in [6, 6.07) is 2.04. The number of thiocyanates is 1. The van der Waals surface area contributed by atoms with E-state index in [4.69, 9.17) is 9.44 Å². The fraction of sp³-hybridized carbons (Fsp3) is 0.364. The lowest BCUT2D eigenvalue weighted by molar-refractivity contribution is 0.616. The van der Waals surface area contributed by atoms with Crippen LogP contribution < -0.4 is 4.18 Å². The maximum Gasteiger partial charge on any atom is 0.141 e. The standard InChI is InChI=1S/C11H11NOS2/c1-7-5-10-9(3-4-15-13-10)8(2)11(7)14-6-12/h5H,3-4H2,1-2H3. The van der Waals surface area contributed by atoms with Gasteiger partial charge in [-0.3, -0.25) is 0 Å². The van der Waals surface area contributed by atoms with Crippen molar-refractivity contribution in [2.45, 2.75) is 25.2 Å². The molecule has 1 aliphatic rings. The first-order valence-corrected chi connectivity index (χ1v) is 6.45. The Morgan fingerprint density at radius 3 is 3.07 bits per heavy atom. The van der Waals surface area contributed by atoms with Crippen LogP contribution in [-0.4, -0.2) is 5.75 Å². The Morgan fingerprint density at radius 2 is 2.33 bits per heavy atom. The van der Waals surface area contributed by atoms with E-state index in [1.165, 1.54) is 34.9 Å². The van der Waals surface area contributed by atoms with Crippen molar-refractivity contribution in [1.82, 2.24) is 0 Å². The zero-order valence-corrected chi connectivity index (χ0v) is 10.3. The minimum atomic E-state index is 0.975. The second-order valence-electron chi connectivity index (χ2n) is 3.47. The van der Waals surface area contributed by atoms with Crippen LogP contribution in [0.1, 0.15) is 16.7 Å². The first-order chi connectivity index (χ1) is 7.24. The molecular weight excluding hydrogens is 226 g/mol. The molecule has 0 atom stereocenters. The molecule has 0 aliphatic carbocycles. The Bertz CT molecular complexity index is 437. The van der Waals surface area contributed by atoms with Crippen molar-refractivity contribution in [2.75, 3.05) is 5.75 Å². The smallest absolute Gasteiger partial charge is 0.141 e. The van der Waals surface area contributed by atoms with E-state index in [1.807, 2.05) is 13.0 Å². The Labute approximate surface area is 98.2 Å². The molecule has 0 saturated carbocycles. The van der Waals surface area contributed by atoms with Crippen LogP contribution in [0, 0.1) is 24.5 Å². The number of rotatable bonds is 1. The van der Waals surface area contributed by atoms with E-state index >= 15 is 0 Å². The number of fused-ring (bicyclic) bond motifs is 1. The van der Waals surface area contributed by atoms with Crippen LogP contribution in [0.25, 0.3) is 0 Å². The van der Waals surface area contributed by atoms with Gasteiger partial charge in [0.2, 0.25) is 0 Å². The quantitative estimate of drug-likeness (QED) is 0.425. The molecule has 2 nitrogen and oxygen atoms in total. The maximum atomic E-state index is 8.75. The van der Waals surface area contributed by atoms with E-state index in [2.05, 4.69) is 12.3 Å². The summed E-state index contributed by atoms with van der Waals surface area (Å²) in [5.74, 6) is 1.97. The zero-order chi connectivity index (χ0) is 10.8. The van der Waals surface area contributed by atoms with Crippen molar-refractivity contribution in [3.05, 3.63) is 22.8 Å². The lowest BCUT2D eigenvalue weighted by Crippen LogP contribution is -2.05. The molecule has 4 heteroatoms. The average molecular weight is 237 g/mol. The van der Waals surface area contributed by atoms with Gasteiger partial charge >= 0.3 is 0 Å². The summed E-state index contributed by atoms with van der Waals surface area (Å²) in [6.07, 6.45) is 1.03. The highest BCUT2D eigenvalue weighted by molar-refractivity contribution is 8.03. The normalized spacial score (nSPS) is 13.9. The number of hydrogen-bond acceptors (Lipinski definition) is 4. The number of aryl methyl sites for hydroxylation is 1. The van der Waals surface area contributed by atoms with Crippen LogP contribution in [0.5, 0.6) is 5.75 Å². The molecule has 0 amide bonds. The van der Waals surface area contributed by atoms with Gasteiger partial charge in [-0.1, -0.05) is 0 Å².